The van der Waals surface area contributed by atoms with Crippen molar-refractivity contribution in [1.29, 1.82) is 0 Å². The topological polar surface area (TPSA) is 178 Å². The molecule has 8 N–H and O–H groups in total. The third-order valence-electron chi connectivity index (χ3n) is 2.29. The molecule has 0 aliphatic carbocycles. The molecule has 0 saturated carbocycles. The van der Waals surface area contributed by atoms with Gasteiger partial charge >= 0.3 is 0 Å². The van der Waals surface area contributed by atoms with E-state index in [1.165, 1.54) is 0 Å². The Balaban J connectivity index is 1.88. The molecule has 1 aliphatic rings. The molecule has 104 valence electrons. The number of rotatable bonds is 0. The Kier molecular flexibility index (Phi) is 2.87. The van der Waals surface area contributed by atoms with Crippen LogP contribution < -0.4 is 32.7 Å². The fraction of sp³-hybridized carbons (Fsp3) is 0.250. The quantitative estimate of drug-likeness (QED) is 0.328. The zero-order valence-corrected chi connectivity index (χ0v) is 10.3. The lowest BCUT2D eigenvalue weighted by molar-refractivity contribution is 0.968. The first-order valence-corrected chi connectivity index (χ1v) is 5.67. The first kappa shape index (κ1) is 11.9. The Bertz CT molecular complexity index is 527. The third-order valence-corrected chi connectivity index (χ3v) is 2.29. The molecule has 12 nitrogen and oxygen atoms in total. The highest BCUT2D eigenvalue weighted by atomic mass is 15.3. The van der Waals surface area contributed by atoms with E-state index in [-0.39, 0.29) is 25.2 Å². The highest BCUT2D eigenvalue weighted by molar-refractivity contribution is 5.45. The average Bonchev–Trinajstić information content (AvgIpc) is 2.36. The van der Waals surface area contributed by atoms with E-state index in [1.807, 2.05) is 0 Å². The number of hydrogen-bond donors (Lipinski definition) is 6. The number of nitrogens with two attached hydrogens (primary N) is 2. The maximum absolute atomic E-state index is 5.59. The fourth-order valence-corrected chi connectivity index (χ4v) is 1.51. The molecule has 2 aromatic heterocycles. The van der Waals surface area contributed by atoms with Crippen LogP contribution in [-0.2, 0) is 0 Å². The van der Waals surface area contributed by atoms with Gasteiger partial charge in [-0.25, -0.2) is 0 Å². The van der Waals surface area contributed by atoms with E-state index in [1.54, 1.807) is 0 Å². The Hall–Kier alpha value is -3.18. The van der Waals surface area contributed by atoms with E-state index in [4.69, 9.17) is 11.5 Å². The lowest BCUT2D eigenvalue weighted by Gasteiger charge is -2.13. The normalized spacial score (nSPS) is 13.6. The van der Waals surface area contributed by atoms with Gasteiger partial charge in [-0.15, -0.1) is 0 Å². The minimum absolute atomic E-state index is 0.110. The van der Waals surface area contributed by atoms with E-state index in [0.717, 1.165) is 0 Å². The van der Waals surface area contributed by atoms with Crippen LogP contribution >= 0.6 is 0 Å². The molecule has 3 rings (SSSR count). The summed E-state index contributed by atoms with van der Waals surface area (Å²) < 4.78 is 0. The van der Waals surface area contributed by atoms with Crippen molar-refractivity contribution in [2.75, 3.05) is 46.1 Å². The van der Waals surface area contributed by atoms with Crippen molar-refractivity contribution in [3.63, 3.8) is 0 Å². The SMILES string of the molecule is Nc1nc2nc(n1)NCNc1nc(N)nc(n1)NCN2. The van der Waals surface area contributed by atoms with Crippen LogP contribution in [0.4, 0.5) is 35.7 Å². The summed E-state index contributed by atoms with van der Waals surface area (Å²) in [6.45, 7) is 0.567. The molecule has 0 saturated heterocycles. The van der Waals surface area contributed by atoms with Gasteiger partial charge < -0.3 is 32.7 Å². The van der Waals surface area contributed by atoms with Gasteiger partial charge in [-0.1, -0.05) is 0 Å². The van der Waals surface area contributed by atoms with E-state index in [9.17, 15) is 0 Å². The molecule has 1 aliphatic heterocycles. The van der Waals surface area contributed by atoms with Crippen LogP contribution in [0.3, 0.4) is 0 Å². The summed E-state index contributed by atoms with van der Waals surface area (Å²) in [6.07, 6.45) is 0. The molecule has 0 aromatic carbocycles. The molecule has 3 heterocycles. The predicted octanol–water partition coefficient (Wildman–Crippen LogP) is -1.50. The number of hydrogen-bond acceptors (Lipinski definition) is 12. The van der Waals surface area contributed by atoms with Crippen LogP contribution in [0.2, 0.25) is 0 Å². The average molecular weight is 276 g/mol. The lowest BCUT2D eigenvalue weighted by Crippen LogP contribution is -2.22. The number of nitrogens with one attached hydrogen (secondary N) is 4. The Morgan fingerprint density at radius 1 is 0.550 bits per heavy atom. The summed E-state index contributed by atoms with van der Waals surface area (Å²) in [7, 11) is 0. The van der Waals surface area contributed by atoms with Crippen molar-refractivity contribution >= 4 is 35.7 Å². The van der Waals surface area contributed by atoms with Crippen molar-refractivity contribution in [1.82, 2.24) is 29.9 Å². The highest BCUT2D eigenvalue weighted by Gasteiger charge is 2.08. The minimum Gasteiger partial charge on any atom is -0.368 e. The van der Waals surface area contributed by atoms with Crippen LogP contribution in [0.15, 0.2) is 0 Å². The van der Waals surface area contributed by atoms with Gasteiger partial charge in [-0.3, -0.25) is 0 Å². The van der Waals surface area contributed by atoms with Crippen LogP contribution in [0, 0.1) is 0 Å². The van der Waals surface area contributed by atoms with Crippen molar-refractivity contribution < 1.29 is 0 Å². The highest BCUT2D eigenvalue weighted by Crippen LogP contribution is 2.10. The van der Waals surface area contributed by atoms with E-state index in [2.05, 4.69) is 51.2 Å². The van der Waals surface area contributed by atoms with Crippen molar-refractivity contribution in [3.05, 3.63) is 0 Å². The van der Waals surface area contributed by atoms with Crippen LogP contribution in [0.25, 0.3) is 0 Å². The minimum atomic E-state index is 0.110. The molecule has 0 spiro atoms. The van der Waals surface area contributed by atoms with E-state index >= 15 is 0 Å². The number of anilines is 6. The van der Waals surface area contributed by atoms with Gasteiger partial charge in [0.05, 0.1) is 13.3 Å². The van der Waals surface area contributed by atoms with Crippen LogP contribution in [0.1, 0.15) is 0 Å². The van der Waals surface area contributed by atoms with Gasteiger partial charge in [0, 0.05) is 0 Å². The molecule has 0 amide bonds. The van der Waals surface area contributed by atoms with Gasteiger partial charge in [0.1, 0.15) is 0 Å². The van der Waals surface area contributed by atoms with Crippen LogP contribution in [0.5, 0.6) is 0 Å². The van der Waals surface area contributed by atoms with Crippen LogP contribution in [-0.4, -0.2) is 43.2 Å². The third kappa shape index (κ3) is 2.63. The lowest BCUT2D eigenvalue weighted by atomic mass is 10.7. The maximum Gasteiger partial charge on any atom is 0.230 e. The van der Waals surface area contributed by atoms with Crippen molar-refractivity contribution in [2.45, 2.75) is 0 Å². The molecule has 0 fully saturated rings. The van der Waals surface area contributed by atoms with Crippen molar-refractivity contribution in [3.8, 4) is 0 Å². The Labute approximate surface area is 112 Å². The standard InChI is InChI=1S/C8H12N12/c9-3-15-5-11-1-12-6-16-4(10)18-8(20-6)14-2-13-7(17-3)19-5/h1-2H2,(H4,9,11,13,15,17,19)(H4,10,12,14,16,18,20). The smallest absolute Gasteiger partial charge is 0.230 e. The molecular weight excluding hydrogens is 264 g/mol. The summed E-state index contributed by atoms with van der Waals surface area (Å²) in [5.74, 6) is 1.54. The summed E-state index contributed by atoms with van der Waals surface area (Å²) in [5, 5.41) is 11.7. The first-order chi connectivity index (χ1) is 9.69. The number of nitrogen functional groups attached to an aromatic ring is 2. The first-order valence-electron chi connectivity index (χ1n) is 5.67. The second kappa shape index (κ2) is 4.83. The largest absolute Gasteiger partial charge is 0.368 e. The number of aromatic nitrogens is 6. The second-order valence-corrected chi connectivity index (χ2v) is 3.74. The van der Waals surface area contributed by atoms with Gasteiger partial charge in [0.2, 0.25) is 35.7 Å². The molecule has 0 radical (unpaired) electrons. The van der Waals surface area contributed by atoms with E-state index in [0.29, 0.717) is 23.8 Å². The maximum atomic E-state index is 5.59. The second-order valence-electron chi connectivity index (χ2n) is 3.74. The molecule has 2 aromatic rings. The molecule has 12 heteroatoms. The zero-order valence-electron chi connectivity index (χ0n) is 10.3. The van der Waals surface area contributed by atoms with Gasteiger partial charge in [0.25, 0.3) is 0 Å². The van der Waals surface area contributed by atoms with Gasteiger partial charge in [-0.2, -0.15) is 29.9 Å². The van der Waals surface area contributed by atoms with Gasteiger partial charge in [-0.05, 0) is 0 Å². The monoisotopic (exact) mass is 276 g/mol. The zero-order chi connectivity index (χ0) is 13.9. The predicted molar refractivity (Wildman–Crippen MR) is 72.7 cm³/mol. The molecule has 0 atom stereocenters. The Morgan fingerprint density at radius 2 is 0.850 bits per heavy atom. The van der Waals surface area contributed by atoms with Gasteiger partial charge in [0.15, 0.2) is 0 Å². The molecular formula is C8H12N12. The summed E-state index contributed by atoms with van der Waals surface area (Å²) in [4.78, 5) is 24.0. The Morgan fingerprint density at radius 3 is 1.15 bits per heavy atom. The molecule has 20 heavy (non-hydrogen) atoms. The van der Waals surface area contributed by atoms with Crippen molar-refractivity contribution in [2.24, 2.45) is 0 Å². The summed E-state index contributed by atoms with van der Waals surface area (Å²) >= 11 is 0. The summed E-state index contributed by atoms with van der Waals surface area (Å²) in [6, 6.07) is 0. The molecule has 0 unspecified atom stereocenters. The summed E-state index contributed by atoms with van der Waals surface area (Å²) in [5.41, 5.74) is 11.2. The fourth-order valence-electron chi connectivity index (χ4n) is 1.51. The number of nitrogens with zero attached hydrogens (tertiary/aromatic N) is 6. The molecule has 4 bridgehead atoms. The number of fused-ring (bicyclic) bond motifs is 4. The van der Waals surface area contributed by atoms with E-state index < -0.39 is 0 Å².